The van der Waals surface area contributed by atoms with Crippen molar-refractivity contribution >= 4 is 37.1 Å². The number of hydrogen-bond donors (Lipinski definition) is 1. The van der Waals surface area contributed by atoms with Crippen molar-refractivity contribution in [3.8, 4) is 0 Å². The Morgan fingerprint density at radius 1 is 1.47 bits per heavy atom. The highest BCUT2D eigenvalue weighted by molar-refractivity contribution is 7.94. The second-order valence-corrected chi connectivity index (χ2v) is 7.54. The van der Waals surface area contributed by atoms with Crippen LogP contribution in [0.3, 0.4) is 0 Å². The van der Waals surface area contributed by atoms with Gasteiger partial charge in [-0.05, 0) is 31.5 Å². The third-order valence-electron chi connectivity index (χ3n) is 2.74. The maximum absolute atomic E-state index is 12.1. The first-order chi connectivity index (χ1) is 7.95. The molecule has 0 amide bonds. The predicted octanol–water partition coefficient (Wildman–Crippen LogP) is 2.45. The quantitative estimate of drug-likeness (QED) is 0.869. The first kappa shape index (κ1) is 12.3. The van der Waals surface area contributed by atoms with Crippen LogP contribution in [0.25, 0.3) is 10.2 Å². The fourth-order valence-electron chi connectivity index (χ4n) is 1.43. The maximum Gasteiger partial charge on any atom is 0.210 e. The Hall–Kier alpha value is -1.14. The maximum atomic E-state index is 12.1. The smallest absolute Gasteiger partial charge is 0.210 e. The molecule has 2 rings (SSSR count). The molecular formula is C11H14N2O2S2. The van der Waals surface area contributed by atoms with Crippen molar-refractivity contribution in [2.45, 2.75) is 29.9 Å². The van der Waals surface area contributed by atoms with Crippen LogP contribution in [0.15, 0.2) is 22.5 Å². The van der Waals surface area contributed by atoms with E-state index in [1.807, 2.05) is 6.92 Å². The van der Waals surface area contributed by atoms with Crippen LogP contribution in [0.5, 0.6) is 0 Å². The lowest BCUT2D eigenvalue weighted by Gasteiger charge is -2.06. The zero-order valence-electron chi connectivity index (χ0n) is 9.67. The number of fused-ring (bicyclic) bond motifs is 1. The third kappa shape index (κ3) is 2.14. The fraction of sp³-hybridized carbons (Fsp3) is 0.364. The van der Waals surface area contributed by atoms with Crippen molar-refractivity contribution < 1.29 is 8.42 Å². The van der Waals surface area contributed by atoms with Gasteiger partial charge in [0.25, 0.3) is 0 Å². The van der Waals surface area contributed by atoms with E-state index in [1.54, 1.807) is 25.1 Å². The number of sulfone groups is 1. The Kier molecular flexibility index (Phi) is 3.09. The number of hydrogen-bond acceptors (Lipinski definition) is 5. The Bertz CT molecular complexity index is 647. The molecule has 0 bridgehead atoms. The van der Waals surface area contributed by atoms with E-state index in [2.05, 4.69) is 4.98 Å². The minimum Gasteiger partial charge on any atom is -0.399 e. The molecule has 2 aromatic rings. The number of rotatable bonds is 3. The minimum absolute atomic E-state index is 0.187. The van der Waals surface area contributed by atoms with Gasteiger partial charge in [0.2, 0.25) is 14.2 Å². The molecule has 0 saturated heterocycles. The SMILES string of the molecule is CCC(C)S(=O)(=O)c1nc2ccc(N)cc2s1. The summed E-state index contributed by atoms with van der Waals surface area (Å²) in [5.41, 5.74) is 6.96. The van der Waals surface area contributed by atoms with Crippen LogP contribution in [0.2, 0.25) is 0 Å². The first-order valence-electron chi connectivity index (χ1n) is 5.35. The number of benzene rings is 1. The summed E-state index contributed by atoms with van der Waals surface area (Å²) in [7, 11) is -3.30. The van der Waals surface area contributed by atoms with E-state index in [9.17, 15) is 8.42 Å². The molecule has 0 saturated carbocycles. The van der Waals surface area contributed by atoms with Gasteiger partial charge >= 0.3 is 0 Å². The van der Waals surface area contributed by atoms with Gasteiger partial charge < -0.3 is 5.73 Å². The van der Waals surface area contributed by atoms with E-state index in [4.69, 9.17) is 5.73 Å². The molecule has 0 spiro atoms. The molecular weight excluding hydrogens is 256 g/mol. The van der Waals surface area contributed by atoms with Gasteiger partial charge in [0.15, 0.2) is 0 Å². The average molecular weight is 270 g/mol. The number of nitrogens with zero attached hydrogens (tertiary/aromatic N) is 1. The van der Waals surface area contributed by atoms with Crippen molar-refractivity contribution in [1.29, 1.82) is 0 Å². The van der Waals surface area contributed by atoms with Gasteiger partial charge in [-0.1, -0.05) is 6.92 Å². The van der Waals surface area contributed by atoms with Crippen LogP contribution in [-0.2, 0) is 9.84 Å². The number of thiazole rings is 1. The molecule has 0 aliphatic heterocycles. The highest BCUT2D eigenvalue weighted by Crippen LogP contribution is 2.29. The van der Waals surface area contributed by atoms with Gasteiger partial charge in [0.1, 0.15) is 0 Å². The van der Waals surface area contributed by atoms with Crippen LogP contribution < -0.4 is 5.73 Å². The Morgan fingerprint density at radius 3 is 2.82 bits per heavy atom. The predicted molar refractivity (Wildman–Crippen MR) is 71.0 cm³/mol. The Morgan fingerprint density at radius 2 is 2.18 bits per heavy atom. The van der Waals surface area contributed by atoms with Gasteiger partial charge in [-0.2, -0.15) is 0 Å². The van der Waals surface area contributed by atoms with Gasteiger partial charge in [-0.25, -0.2) is 13.4 Å². The molecule has 0 fully saturated rings. The van der Waals surface area contributed by atoms with Crippen molar-refractivity contribution in [3.63, 3.8) is 0 Å². The van der Waals surface area contributed by atoms with E-state index in [0.29, 0.717) is 17.6 Å². The zero-order chi connectivity index (χ0) is 12.6. The van der Waals surface area contributed by atoms with Crippen molar-refractivity contribution in [1.82, 2.24) is 4.98 Å². The van der Waals surface area contributed by atoms with E-state index in [0.717, 1.165) is 4.70 Å². The summed E-state index contributed by atoms with van der Waals surface area (Å²) in [4.78, 5) is 4.17. The van der Waals surface area contributed by atoms with Crippen molar-refractivity contribution in [2.75, 3.05) is 5.73 Å². The lowest BCUT2D eigenvalue weighted by atomic mass is 10.3. The second kappa shape index (κ2) is 4.27. The molecule has 0 aliphatic rings. The average Bonchev–Trinajstić information content (AvgIpc) is 2.71. The summed E-state index contributed by atoms with van der Waals surface area (Å²) in [6.45, 7) is 3.56. The van der Waals surface area contributed by atoms with E-state index >= 15 is 0 Å². The molecule has 2 N–H and O–H groups in total. The molecule has 0 aliphatic carbocycles. The molecule has 1 aromatic carbocycles. The number of nitrogens with two attached hydrogens (primary N) is 1. The summed E-state index contributed by atoms with van der Waals surface area (Å²) in [5.74, 6) is 0. The normalized spacial score (nSPS) is 14.0. The van der Waals surface area contributed by atoms with Crippen LogP contribution in [0.4, 0.5) is 5.69 Å². The molecule has 4 nitrogen and oxygen atoms in total. The number of aromatic nitrogens is 1. The summed E-state index contributed by atoms with van der Waals surface area (Å²) in [6, 6.07) is 5.22. The fourth-order valence-corrected chi connectivity index (χ4v) is 4.41. The summed E-state index contributed by atoms with van der Waals surface area (Å²) < 4.78 is 25.3. The second-order valence-electron chi connectivity index (χ2n) is 3.97. The lowest BCUT2D eigenvalue weighted by Crippen LogP contribution is -2.16. The molecule has 17 heavy (non-hydrogen) atoms. The van der Waals surface area contributed by atoms with E-state index in [-0.39, 0.29) is 4.34 Å². The van der Waals surface area contributed by atoms with Crippen LogP contribution >= 0.6 is 11.3 Å². The molecule has 1 aromatic heterocycles. The summed E-state index contributed by atoms with van der Waals surface area (Å²) in [6.07, 6.45) is 0.584. The monoisotopic (exact) mass is 270 g/mol. The van der Waals surface area contributed by atoms with E-state index in [1.165, 1.54) is 11.3 Å². The van der Waals surface area contributed by atoms with Gasteiger partial charge in [0.05, 0.1) is 15.5 Å². The number of nitrogen functional groups attached to an aromatic ring is 1. The molecule has 0 radical (unpaired) electrons. The van der Waals surface area contributed by atoms with Crippen molar-refractivity contribution in [3.05, 3.63) is 18.2 Å². The topological polar surface area (TPSA) is 73.0 Å². The molecule has 1 heterocycles. The summed E-state index contributed by atoms with van der Waals surface area (Å²) >= 11 is 1.18. The molecule has 92 valence electrons. The van der Waals surface area contributed by atoms with Gasteiger partial charge in [-0.15, -0.1) is 11.3 Å². The van der Waals surface area contributed by atoms with Gasteiger partial charge in [-0.3, -0.25) is 0 Å². The number of anilines is 1. The summed E-state index contributed by atoms with van der Waals surface area (Å²) in [5, 5.41) is -0.402. The minimum atomic E-state index is -3.30. The highest BCUT2D eigenvalue weighted by Gasteiger charge is 2.25. The first-order valence-corrected chi connectivity index (χ1v) is 7.71. The largest absolute Gasteiger partial charge is 0.399 e. The third-order valence-corrected chi connectivity index (χ3v) is 6.47. The Labute approximate surface area is 104 Å². The van der Waals surface area contributed by atoms with Crippen LogP contribution in [0, 0.1) is 0 Å². The van der Waals surface area contributed by atoms with E-state index < -0.39 is 15.1 Å². The van der Waals surface area contributed by atoms with Crippen molar-refractivity contribution in [2.24, 2.45) is 0 Å². The van der Waals surface area contributed by atoms with Gasteiger partial charge in [0, 0.05) is 5.69 Å². The standard InChI is InChI=1S/C11H14N2O2S2/c1-3-7(2)17(14,15)11-13-9-5-4-8(12)6-10(9)16-11/h4-7H,3,12H2,1-2H3. The van der Waals surface area contributed by atoms with Crippen LogP contribution in [-0.4, -0.2) is 18.7 Å². The Balaban J connectivity index is 2.57. The zero-order valence-corrected chi connectivity index (χ0v) is 11.3. The van der Waals surface area contributed by atoms with Crippen LogP contribution in [0.1, 0.15) is 20.3 Å². The highest BCUT2D eigenvalue weighted by atomic mass is 32.2. The molecule has 6 heteroatoms. The lowest BCUT2D eigenvalue weighted by molar-refractivity contribution is 0.580. The molecule has 1 unspecified atom stereocenters. The molecule has 1 atom stereocenters.